The van der Waals surface area contributed by atoms with Crippen LogP contribution in [0.15, 0.2) is 12.7 Å². The van der Waals surface area contributed by atoms with Gasteiger partial charge in [0, 0.05) is 13.0 Å². The van der Waals surface area contributed by atoms with Crippen molar-refractivity contribution >= 4 is 32.6 Å². The topological polar surface area (TPSA) is 198 Å². The van der Waals surface area contributed by atoms with Gasteiger partial charge in [0.2, 0.25) is 0 Å². The van der Waals surface area contributed by atoms with Gasteiger partial charge in [-0.1, -0.05) is 6.92 Å². The molecule has 3 rings (SSSR count). The van der Waals surface area contributed by atoms with Gasteiger partial charge in [0.1, 0.15) is 24.8 Å². The quantitative estimate of drug-likeness (QED) is 0.330. The molecule has 1 fully saturated rings. The minimum Gasteiger partial charge on any atom is -0.368 e. The van der Waals surface area contributed by atoms with Gasteiger partial charge in [0.05, 0.1) is 12.9 Å². The molecule has 0 spiro atoms. The van der Waals surface area contributed by atoms with Crippen LogP contribution in [0.1, 0.15) is 26.0 Å². The fraction of sp³-hybridized carbons (Fsp3) is 0.615. The number of hydrogen-bond donors (Lipinski definition) is 5. The second-order valence-corrected chi connectivity index (χ2v) is 8.69. The summed E-state index contributed by atoms with van der Waals surface area (Å²) in [5.41, 5.74) is 0.891. The van der Waals surface area contributed by atoms with Crippen LogP contribution in [-0.4, -0.2) is 64.5 Å². The Balaban J connectivity index is 1.84. The predicted octanol–water partition coefficient (Wildman–Crippen LogP) is 0.523. The lowest BCUT2D eigenvalue weighted by molar-refractivity contribution is -0.0417. The van der Waals surface area contributed by atoms with Gasteiger partial charge in [0.25, 0.3) is 0 Å². The first-order valence-corrected chi connectivity index (χ1v) is 11.6. The van der Waals surface area contributed by atoms with Crippen molar-refractivity contribution in [3.05, 3.63) is 12.7 Å². The fourth-order valence-electron chi connectivity index (χ4n) is 2.91. The van der Waals surface area contributed by atoms with E-state index in [1.807, 2.05) is 6.92 Å². The van der Waals surface area contributed by atoms with Crippen LogP contribution in [0, 0.1) is 0 Å². The largest absolute Gasteiger partial charge is 0.469 e. The van der Waals surface area contributed by atoms with Gasteiger partial charge in [0.15, 0.2) is 17.0 Å². The highest BCUT2D eigenvalue weighted by atomic mass is 31.2. The SMILES string of the molecule is CCCNc1ncnc2c1ncn2[C@H]1C[C@H](OP(=O)(O)O)[C@@H](COP(=O)(O)O)O1. The number of imidazole rings is 1. The van der Waals surface area contributed by atoms with E-state index in [1.165, 1.54) is 17.2 Å². The molecule has 1 saturated heterocycles. The molecule has 0 amide bonds. The van der Waals surface area contributed by atoms with Gasteiger partial charge < -0.3 is 29.6 Å². The monoisotopic (exact) mass is 453 g/mol. The molecule has 0 aliphatic carbocycles. The lowest BCUT2D eigenvalue weighted by Gasteiger charge is -2.19. The van der Waals surface area contributed by atoms with Crippen LogP contribution in [0.4, 0.5) is 5.82 Å². The highest BCUT2D eigenvalue weighted by Gasteiger charge is 2.42. The Morgan fingerprint density at radius 3 is 2.66 bits per heavy atom. The molecule has 14 nitrogen and oxygen atoms in total. The Morgan fingerprint density at radius 1 is 1.24 bits per heavy atom. The Hall–Kier alpha value is -1.47. The summed E-state index contributed by atoms with van der Waals surface area (Å²) in [6.45, 7) is 2.05. The van der Waals surface area contributed by atoms with E-state index in [1.54, 1.807) is 0 Å². The standard InChI is InChI=1S/C13H21N5O9P2/c1-2-3-14-12-11-13(16-6-15-12)18(7-17-11)10-4-8(27-29(22,23)24)9(26-10)5-25-28(19,20)21/h6-10H,2-5H2,1H3,(H,14,15,16)(H2,19,20,21)(H2,22,23,24)/t8-,9+,10+/m0/s1. The molecule has 0 bridgehead atoms. The zero-order chi connectivity index (χ0) is 21.2. The van der Waals surface area contributed by atoms with Crippen LogP contribution >= 0.6 is 15.6 Å². The molecule has 5 N–H and O–H groups in total. The number of nitrogens with zero attached hydrogens (tertiary/aromatic N) is 4. The lowest BCUT2D eigenvalue weighted by Crippen LogP contribution is -2.28. The highest BCUT2D eigenvalue weighted by Crippen LogP contribution is 2.45. The van der Waals surface area contributed by atoms with E-state index in [0.29, 0.717) is 23.5 Å². The Bertz CT molecular complexity index is 944. The maximum atomic E-state index is 11.3. The number of hydrogen-bond acceptors (Lipinski definition) is 9. The lowest BCUT2D eigenvalue weighted by atomic mass is 10.2. The normalized spacial score (nSPS) is 23.0. The zero-order valence-electron chi connectivity index (χ0n) is 15.2. The van der Waals surface area contributed by atoms with Crippen molar-refractivity contribution in [2.45, 2.75) is 38.2 Å². The van der Waals surface area contributed by atoms with Crippen LogP contribution in [0.2, 0.25) is 0 Å². The van der Waals surface area contributed by atoms with Crippen molar-refractivity contribution in [2.75, 3.05) is 18.5 Å². The van der Waals surface area contributed by atoms with Crippen molar-refractivity contribution in [2.24, 2.45) is 0 Å². The van der Waals surface area contributed by atoms with Crippen molar-refractivity contribution in [1.82, 2.24) is 19.5 Å². The number of rotatable bonds is 9. The second kappa shape index (κ2) is 8.72. The Kier molecular flexibility index (Phi) is 6.68. The van der Waals surface area contributed by atoms with E-state index in [2.05, 4.69) is 24.8 Å². The minimum absolute atomic E-state index is 0.0342. The molecule has 1 aliphatic rings. The molecule has 3 heterocycles. The number of fused-ring (bicyclic) bond motifs is 1. The van der Waals surface area contributed by atoms with Gasteiger partial charge in [-0.3, -0.25) is 13.6 Å². The maximum absolute atomic E-state index is 11.3. The number of phosphoric ester groups is 2. The van der Waals surface area contributed by atoms with Crippen LogP contribution in [0.5, 0.6) is 0 Å². The van der Waals surface area contributed by atoms with Crippen molar-refractivity contribution in [3.63, 3.8) is 0 Å². The fourth-order valence-corrected chi connectivity index (χ4v) is 3.83. The molecular weight excluding hydrogens is 432 g/mol. The molecule has 0 unspecified atom stereocenters. The van der Waals surface area contributed by atoms with Crippen LogP contribution < -0.4 is 5.32 Å². The minimum atomic E-state index is -4.88. The molecule has 2 aromatic rings. The first-order valence-electron chi connectivity index (χ1n) is 8.58. The van der Waals surface area contributed by atoms with Gasteiger partial charge in [-0.25, -0.2) is 24.1 Å². The second-order valence-electron chi connectivity index (χ2n) is 6.26. The number of phosphoric acid groups is 2. The maximum Gasteiger partial charge on any atom is 0.469 e. The third-order valence-electron chi connectivity index (χ3n) is 4.07. The smallest absolute Gasteiger partial charge is 0.368 e. The van der Waals surface area contributed by atoms with Crippen molar-refractivity contribution in [1.29, 1.82) is 0 Å². The molecule has 162 valence electrons. The number of anilines is 1. The molecule has 1 aliphatic heterocycles. The number of ether oxygens (including phenoxy) is 1. The average Bonchev–Trinajstić information content (AvgIpc) is 3.20. The Labute approximate surface area is 164 Å². The van der Waals surface area contributed by atoms with Crippen LogP contribution in [0.3, 0.4) is 0 Å². The molecule has 0 saturated carbocycles. The van der Waals surface area contributed by atoms with E-state index in [4.69, 9.17) is 28.8 Å². The van der Waals surface area contributed by atoms with Gasteiger partial charge in [-0.2, -0.15) is 0 Å². The van der Waals surface area contributed by atoms with Gasteiger partial charge in [-0.15, -0.1) is 0 Å². The van der Waals surface area contributed by atoms with E-state index >= 15 is 0 Å². The summed E-state index contributed by atoms with van der Waals surface area (Å²) in [6, 6.07) is 0. The van der Waals surface area contributed by atoms with Crippen LogP contribution in [-0.2, 0) is 22.9 Å². The zero-order valence-corrected chi connectivity index (χ0v) is 17.0. The molecular formula is C13H21N5O9P2. The molecule has 2 aromatic heterocycles. The summed E-state index contributed by atoms with van der Waals surface area (Å²) >= 11 is 0. The highest BCUT2D eigenvalue weighted by molar-refractivity contribution is 7.46. The van der Waals surface area contributed by atoms with E-state index in [-0.39, 0.29) is 6.42 Å². The third-order valence-corrected chi connectivity index (χ3v) is 5.10. The number of nitrogens with one attached hydrogen (secondary N) is 1. The summed E-state index contributed by atoms with van der Waals surface area (Å²) in [5.74, 6) is 0.526. The summed E-state index contributed by atoms with van der Waals surface area (Å²) in [6.07, 6.45) is 0.485. The number of aromatic nitrogens is 4. The summed E-state index contributed by atoms with van der Waals surface area (Å²) in [7, 11) is -9.69. The summed E-state index contributed by atoms with van der Waals surface area (Å²) < 4.78 is 38.6. The van der Waals surface area contributed by atoms with Crippen molar-refractivity contribution < 1.29 is 42.5 Å². The van der Waals surface area contributed by atoms with Crippen LogP contribution in [0.25, 0.3) is 11.2 Å². The van der Waals surface area contributed by atoms with Gasteiger partial charge >= 0.3 is 15.6 Å². The van der Waals surface area contributed by atoms with E-state index < -0.39 is 40.7 Å². The first kappa shape index (κ1) is 22.2. The molecule has 3 atom stereocenters. The first-order chi connectivity index (χ1) is 13.6. The average molecular weight is 453 g/mol. The predicted molar refractivity (Wildman–Crippen MR) is 97.5 cm³/mol. The third kappa shape index (κ3) is 5.79. The summed E-state index contributed by atoms with van der Waals surface area (Å²) in [5, 5.41) is 3.12. The summed E-state index contributed by atoms with van der Waals surface area (Å²) in [4.78, 5) is 48.6. The van der Waals surface area contributed by atoms with E-state index in [9.17, 15) is 9.13 Å². The van der Waals surface area contributed by atoms with E-state index in [0.717, 1.165) is 6.42 Å². The Morgan fingerprint density at radius 2 is 2.00 bits per heavy atom. The van der Waals surface area contributed by atoms with Crippen molar-refractivity contribution in [3.8, 4) is 0 Å². The van der Waals surface area contributed by atoms with Gasteiger partial charge in [-0.05, 0) is 6.42 Å². The molecule has 0 radical (unpaired) electrons. The molecule has 16 heteroatoms. The molecule has 29 heavy (non-hydrogen) atoms. The molecule has 0 aromatic carbocycles.